The second-order valence-corrected chi connectivity index (χ2v) is 11.9. The third-order valence-corrected chi connectivity index (χ3v) is 8.99. The molecule has 0 saturated carbocycles. The smallest absolute Gasteiger partial charge is 0.156 e. The topological polar surface area (TPSA) is 125 Å². The van der Waals surface area contributed by atoms with Crippen LogP contribution in [-0.2, 0) is 11.3 Å². The molecule has 42 heavy (non-hydrogen) atoms. The summed E-state index contributed by atoms with van der Waals surface area (Å²) in [7, 11) is 0. The Morgan fingerprint density at radius 3 is 2.50 bits per heavy atom. The van der Waals surface area contributed by atoms with Gasteiger partial charge < -0.3 is 25.3 Å². The molecule has 3 saturated heterocycles. The third kappa shape index (κ3) is 4.75. The van der Waals surface area contributed by atoms with E-state index in [1.807, 2.05) is 12.4 Å². The van der Waals surface area contributed by atoms with Crippen molar-refractivity contribution < 1.29 is 4.74 Å². The highest BCUT2D eigenvalue weighted by atomic mass is 16.5. The lowest BCUT2D eigenvalue weighted by molar-refractivity contribution is 0.0904. The molecule has 10 heteroatoms. The third-order valence-electron chi connectivity index (χ3n) is 8.99. The minimum absolute atomic E-state index is 0.270. The van der Waals surface area contributed by atoms with Crippen LogP contribution in [0.3, 0.4) is 0 Å². The maximum absolute atomic E-state index is 6.18. The zero-order chi connectivity index (χ0) is 28.0. The number of benzene rings is 1. The number of anilines is 1. The van der Waals surface area contributed by atoms with E-state index in [0.29, 0.717) is 12.1 Å². The summed E-state index contributed by atoms with van der Waals surface area (Å²) in [5, 5.41) is 1.06. The average molecular weight is 562 g/mol. The highest BCUT2D eigenvalue weighted by molar-refractivity contribution is 5.92. The number of likely N-dealkylation sites (tertiary alicyclic amines) is 1. The molecule has 5 aromatic rings. The van der Waals surface area contributed by atoms with Gasteiger partial charge in [0.15, 0.2) is 5.82 Å². The number of nitrogens with two attached hydrogens (primary N) is 1. The maximum Gasteiger partial charge on any atom is 0.156 e. The first-order valence-electron chi connectivity index (χ1n) is 15.0. The van der Waals surface area contributed by atoms with Crippen molar-refractivity contribution in [1.82, 2.24) is 34.8 Å². The van der Waals surface area contributed by atoms with Crippen LogP contribution in [0.15, 0.2) is 61.2 Å². The number of aromatic amines is 2. The predicted octanol–water partition coefficient (Wildman–Crippen LogP) is 4.37. The van der Waals surface area contributed by atoms with Gasteiger partial charge in [-0.25, -0.2) is 15.0 Å². The molecular weight excluding hydrogens is 526 g/mol. The zero-order valence-electron chi connectivity index (χ0n) is 23.5. The Labute approximate surface area is 244 Å². The lowest BCUT2D eigenvalue weighted by Crippen LogP contribution is -2.46. The van der Waals surface area contributed by atoms with Crippen LogP contribution < -0.4 is 10.6 Å². The van der Waals surface area contributed by atoms with Gasteiger partial charge in [0, 0.05) is 31.0 Å². The molecule has 214 valence electrons. The predicted molar refractivity (Wildman–Crippen MR) is 163 cm³/mol. The van der Waals surface area contributed by atoms with Crippen LogP contribution in [0.5, 0.6) is 0 Å². The Balaban J connectivity index is 1.01. The van der Waals surface area contributed by atoms with Gasteiger partial charge in [-0.05, 0) is 67.1 Å². The fourth-order valence-electron chi connectivity index (χ4n) is 6.89. The van der Waals surface area contributed by atoms with E-state index in [9.17, 15) is 0 Å². The summed E-state index contributed by atoms with van der Waals surface area (Å²) in [6.45, 7) is 4.46. The number of morpholine rings is 1. The SMILES string of the molecule is N[C@@H]1CCCN(Cc2ccnc(-c3ncc(-c4ccc(-c5cc6c(N7C8CCC7COC8)ncnc6[nH]5)cc4)[nH]3)c2)C1. The van der Waals surface area contributed by atoms with Crippen molar-refractivity contribution >= 4 is 16.9 Å². The summed E-state index contributed by atoms with van der Waals surface area (Å²) >= 11 is 0. The number of aromatic nitrogens is 6. The summed E-state index contributed by atoms with van der Waals surface area (Å²) in [5.74, 6) is 1.78. The highest BCUT2D eigenvalue weighted by Gasteiger charge is 2.39. The number of rotatable bonds is 6. The monoisotopic (exact) mass is 561 g/mol. The van der Waals surface area contributed by atoms with Crippen LogP contribution in [0.4, 0.5) is 5.82 Å². The minimum Gasteiger partial charge on any atom is -0.377 e. The Hall–Kier alpha value is -4.12. The Morgan fingerprint density at radius 1 is 0.881 bits per heavy atom. The lowest BCUT2D eigenvalue weighted by atomic mass is 10.1. The number of nitrogens with zero attached hydrogens (tertiary/aromatic N) is 6. The van der Waals surface area contributed by atoms with Gasteiger partial charge in [0.25, 0.3) is 0 Å². The number of pyridine rings is 1. The second kappa shape index (κ2) is 10.6. The van der Waals surface area contributed by atoms with Crippen LogP contribution in [0.2, 0.25) is 0 Å². The van der Waals surface area contributed by atoms with E-state index in [4.69, 9.17) is 15.5 Å². The molecule has 4 N–H and O–H groups in total. The summed E-state index contributed by atoms with van der Waals surface area (Å²) in [6.07, 6.45) is 9.99. The molecule has 3 fully saturated rings. The quantitative estimate of drug-likeness (QED) is 0.279. The number of H-pyrrole nitrogens is 2. The van der Waals surface area contributed by atoms with Gasteiger partial charge in [0.1, 0.15) is 23.5 Å². The van der Waals surface area contributed by atoms with E-state index in [-0.39, 0.29) is 6.04 Å². The Morgan fingerprint density at radius 2 is 1.69 bits per heavy atom. The Kier molecular flexibility index (Phi) is 6.46. The molecule has 10 nitrogen and oxygen atoms in total. The summed E-state index contributed by atoms with van der Waals surface area (Å²) < 4.78 is 5.80. The summed E-state index contributed by atoms with van der Waals surface area (Å²) in [4.78, 5) is 30.4. The van der Waals surface area contributed by atoms with Gasteiger partial charge in [-0.1, -0.05) is 24.3 Å². The molecule has 0 spiro atoms. The molecule has 4 aromatic heterocycles. The average Bonchev–Trinajstić information content (AvgIpc) is 3.74. The van der Waals surface area contributed by atoms with Crippen molar-refractivity contribution in [2.24, 2.45) is 5.73 Å². The van der Waals surface area contributed by atoms with Crippen molar-refractivity contribution in [2.75, 3.05) is 31.2 Å². The number of nitrogens with one attached hydrogen (secondary N) is 2. The van der Waals surface area contributed by atoms with Crippen LogP contribution >= 0.6 is 0 Å². The molecule has 3 atom stereocenters. The number of imidazole rings is 1. The van der Waals surface area contributed by atoms with E-state index < -0.39 is 0 Å². The molecule has 2 bridgehead atoms. The fraction of sp³-hybridized carbons (Fsp3) is 0.375. The number of fused-ring (bicyclic) bond motifs is 3. The van der Waals surface area contributed by atoms with Gasteiger partial charge in [-0.3, -0.25) is 9.88 Å². The van der Waals surface area contributed by atoms with Crippen molar-refractivity contribution in [3.63, 3.8) is 0 Å². The first-order valence-corrected chi connectivity index (χ1v) is 15.0. The first-order chi connectivity index (χ1) is 20.7. The molecule has 3 aliphatic rings. The highest BCUT2D eigenvalue weighted by Crippen LogP contribution is 2.37. The van der Waals surface area contributed by atoms with Crippen LogP contribution in [0.1, 0.15) is 31.2 Å². The van der Waals surface area contributed by atoms with Crippen LogP contribution in [0.25, 0.3) is 45.1 Å². The maximum atomic E-state index is 6.18. The van der Waals surface area contributed by atoms with Gasteiger partial charge >= 0.3 is 0 Å². The second-order valence-electron chi connectivity index (χ2n) is 11.9. The molecule has 3 aliphatic heterocycles. The van der Waals surface area contributed by atoms with E-state index in [1.165, 1.54) is 5.56 Å². The number of piperidine rings is 1. The summed E-state index contributed by atoms with van der Waals surface area (Å²) in [6, 6.07) is 16.0. The lowest BCUT2D eigenvalue weighted by Gasteiger charge is -2.35. The van der Waals surface area contributed by atoms with Gasteiger partial charge in [-0.15, -0.1) is 0 Å². The van der Waals surface area contributed by atoms with E-state index in [0.717, 1.165) is 109 Å². The van der Waals surface area contributed by atoms with Gasteiger partial charge in [0.2, 0.25) is 0 Å². The molecule has 0 amide bonds. The van der Waals surface area contributed by atoms with Crippen LogP contribution in [0, 0.1) is 0 Å². The molecule has 8 rings (SSSR count). The van der Waals surface area contributed by atoms with Crippen LogP contribution in [-0.4, -0.2) is 79.2 Å². The number of hydrogen-bond acceptors (Lipinski definition) is 8. The normalized spacial score (nSPS) is 22.7. The largest absolute Gasteiger partial charge is 0.377 e. The Bertz CT molecular complexity index is 1690. The van der Waals surface area contributed by atoms with Crippen molar-refractivity contribution in [1.29, 1.82) is 0 Å². The van der Waals surface area contributed by atoms with Crippen molar-refractivity contribution in [2.45, 2.75) is 50.4 Å². The molecule has 1 aromatic carbocycles. The zero-order valence-corrected chi connectivity index (χ0v) is 23.5. The van der Waals surface area contributed by atoms with E-state index in [2.05, 4.69) is 77.2 Å². The van der Waals surface area contributed by atoms with Gasteiger partial charge in [-0.2, -0.15) is 0 Å². The van der Waals surface area contributed by atoms with E-state index in [1.54, 1.807) is 6.33 Å². The standard InChI is InChI=1S/C32H35N9O/c33-23-2-1-11-40(16-23)15-20-9-10-34-28(12-20)31-35-14-29(39-31)22-5-3-21(4-6-22)27-13-26-30(38-27)36-19-37-32(26)41-24-7-8-25(41)18-42-17-24/h3-6,9-10,12-14,19,23-25H,1-2,7-8,11,15-18,33H2,(H,35,39)(H,36,37,38)/t23-,24?,25?/m1/s1. The molecule has 0 aliphatic carbocycles. The van der Waals surface area contributed by atoms with E-state index >= 15 is 0 Å². The minimum atomic E-state index is 0.270. The van der Waals surface area contributed by atoms with Crippen molar-refractivity contribution in [3.8, 4) is 34.0 Å². The number of ether oxygens (including phenoxy) is 1. The molecule has 2 unspecified atom stereocenters. The van der Waals surface area contributed by atoms with Crippen molar-refractivity contribution in [3.05, 3.63) is 66.7 Å². The summed E-state index contributed by atoms with van der Waals surface area (Å²) in [5.41, 5.74) is 13.3. The molecule has 7 heterocycles. The molecule has 0 radical (unpaired) electrons. The first kappa shape index (κ1) is 25.6. The number of hydrogen-bond donors (Lipinski definition) is 3. The molecular formula is C32H35N9O. The fourth-order valence-corrected chi connectivity index (χ4v) is 6.89. The van der Waals surface area contributed by atoms with Gasteiger partial charge in [0.05, 0.1) is 42.6 Å².